The minimum atomic E-state index is 0.578. The smallest absolute Gasteiger partial charge is 0.0238 e. The first-order valence-corrected chi connectivity index (χ1v) is 6.37. The van der Waals surface area contributed by atoms with Crippen LogP contribution in [0.4, 0.5) is 0 Å². The number of nitrogens with one attached hydrogen (secondary N) is 1. The summed E-state index contributed by atoms with van der Waals surface area (Å²) in [6, 6.07) is 0.578. The molecule has 3 heteroatoms. The van der Waals surface area contributed by atoms with E-state index in [1.54, 1.807) is 0 Å². The first kappa shape index (κ1) is 12.6. The second-order valence-electron chi connectivity index (χ2n) is 2.88. The fraction of sp³-hybridized carbons (Fsp3) is 1.00. The molecule has 0 aromatic carbocycles. The number of hydrogen-bond donors (Lipinski definition) is 1. The minimum absolute atomic E-state index is 0.578. The summed E-state index contributed by atoms with van der Waals surface area (Å²) in [5, 5.41) is 3.44. The Morgan fingerprint density at radius 3 is 2.83 bits per heavy atom. The van der Waals surface area contributed by atoms with E-state index in [1.807, 2.05) is 11.8 Å². The van der Waals surface area contributed by atoms with E-state index in [0.29, 0.717) is 6.04 Å². The van der Waals surface area contributed by atoms with Gasteiger partial charge < -0.3 is 5.32 Å². The third-order valence-corrected chi connectivity index (χ3v) is 2.91. The summed E-state index contributed by atoms with van der Waals surface area (Å²) in [7, 11) is 0. The Hall–Kier alpha value is 0.600. The van der Waals surface area contributed by atoms with Crippen LogP contribution in [0, 0.1) is 0 Å². The molecule has 0 rings (SSSR count). The van der Waals surface area contributed by atoms with Gasteiger partial charge in [0.25, 0.3) is 0 Å². The predicted molar refractivity (Wildman–Crippen MR) is 60.4 cm³/mol. The highest BCUT2D eigenvalue weighted by atomic mass is 35.5. The van der Waals surface area contributed by atoms with Crippen molar-refractivity contribution in [3.8, 4) is 0 Å². The Bertz CT molecular complexity index is 90.6. The Kier molecular flexibility index (Phi) is 10.2. The summed E-state index contributed by atoms with van der Waals surface area (Å²) in [5.74, 6) is 3.27. The fourth-order valence-electron chi connectivity index (χ4n) is 0.933. The topological polar surface area (TPSA) is 12.0 Å². The number of rotatable bonds is 8. The molecule has 1 nitrogen and oxygen atoms in total. The Morgan fingerprint density at radius 2 is 2.25 bits per heavy atom. The van der Waals surface area contributed by atoms with Crippen LogP contribution in [0.15, 0.2) is 0 Å². The highest BCUT2D eigenvalue weighted by molar-refractivity contribution is 7.99. The average Bonchev–Trinajstić information content (AvgIpc) is 2.05. The number of halogens is 1. The molecule has 0 amide bonds. The van der Waals surface area contributed by atoms with E-state index < -0.39 is 0 Å². The Labute approximate surface area is 85.6 Å². The van der Waals surface area contributed by atoms with E-state index in [2.05, 4.69) is 19.2 Å². The number of alkyl halides is 1. The highest BCUT2D eigenvalue weighted by Crippen LogP contribution is 2.00. The molecule has 0 heterocycles. The molecule has 0 fully saturated rings. The quantitative estimate of drug-likeness (QED) is 0.488. The molecule has 0 spiro atoms. The number of hydrogen-bond acceptors (Lipinski definition) is 2. The third kappa shape index (κ3) is 8.69. The molecule has 0 aromatic heterocycles. The molecule has 1 N–H and O–H groups in total. The molecule has 0 aliphatic rings. The maximum absolute atomic E-state index is 5.61. The van der Waals surface area contributed by atoms with E-state index in [1.165, 1.54) is 17.9 Å². The molecule has 0 radical (unpaired) electrons. The van der Waals surface area contributed by atoms with Crippen molar-refractivity contribution >= 4 is 23.4 Å². The first-order valence-electron chi connectivity index (χ1n) is 4.68. The molecule has 0 aliphatic carbocycles. The van der Waals surface area contributed by atoms with Gasteiger partial charge in [-0.2, -0.15) is 11.8 Å². The SMILES string of the molecule is CCSCCCNC(C)CCCl. The minimum Gasteiger partial charge on any atom is -0.314 e. The van der Waals surface area contributed by atoms with Crippen LogP contribution >= 0.6 is 23.4 Å². The molecule has 0 aliphatic heterocycles. The van der Waals surface area contributed by atoms with Gasteiger partial charge in [0.15, 0.2) is 0 Å². The average molecular weight is 210 g/mol. The molecule has 0 saturated heterocycles. The van der Waals surface area contributed by atoms with Gasteiger partial charge in [0.1, 0.15) is 0 Å². The van der Waals surface area contributed by atoms with E-state index in [0.717, 1.165) is 18.8 Å². The summed E-state index contributed by atoms with van der Waals surface area (Å²) in [5.41, 5.74) is 0. The van der Waals surface area contributed by atoms with Crippen molar-refractivity contribution in [2.75, 3.05) is 23.9 Å². The van der Waals surface area contributed by atoms with Crippen molar-refractivity contribution in [2.24, 2.45) is 0 Å². The zero-order valence-corrected chi connectivity index (χ0v) is 9.68. The van der Waals surface area contributed by atoms with Crippen molar-refractivity contribution in [3.63, 3.8) is 0 Å². The maximum atomic E-state index is 5.61. The largest absolute Gasteiger partial charge is 0.314 e. The van der Waals surface area contributed by atoms with Crippen LogP contribution in [0.25, 0.3) is 0 Å². The standard InChI is InChI=1S/C9H20ClNS/c1-3-12-8-4-7-11-9(2)5-6-10/h9,11H,3-8H2,1-2H3. The van der Waals surface area contributed by atoms with Crippen LogP contribution in [0.3, 0.4) is 0 Å². The van der Waals surface area contributed by atoms with Crippen LogP contribution in [0.1, 0.15) is 26.7 Å². The van der Waals surface area contributed by atoms with E-state index >= 15 is 0 Å². The predicted octanol–water partition coefficient (Wildman–Crippen LogP) is 2.74. The van der Waals surface area contributed by atoms with Crippen molar-refractivity contribution in [1.82, 2.24) is 5.32 Å². The zero-order valence-electron chi connectivity index (χ0n) is 8.11. The summed E-state index contributed by atoms with van der Waals surface area (Å²) in [6.45, 7) is 5.52. The van der Waals surface area contributed by atoms with Crippen molar-refractivity contribution in [2.45, 2.75) is 32.7 Å². The van der Waals surface area contributed by atoms with Crippen molar-refractivity contribution in [3.05, 3.63) is 0 Å². The van der Waals surface area contributed by atoms with Gasteiger partial charge in [-0.1, -0.05) is 6.92 Å². The monoisotopic (exact) mass is 209 g/mol. The molecule has 1 unspecified atom stereocenters. The van der Waals surface area contributed by atoms with Crippen LogP contribution in [0.2, 0.25) is 0 Å². The van der Waals surface area contributed by atoms with Gasteiger partial charge in [0.05, 0.1) is 0 Å². The zero-order chi connectivity index (χ0) is 9.23. The molecular formula is C9H20ClNS. The van der Waals surface area contributed by atoms with Crippen molar-refractivity contribution in [1.29, 1.82) is 0 Å². The lowest BCUT2D eigenvalue weighted by Gasteiger charge is -2.11. The van der Waals surface area contributed by atoms with Crippen LogP contribution in [0.5, 0.6) is 0 Å². The van der Waals surface area contributed by atoms with Gasteiger partial charge in [-0.05, 0) is 37.8 Å². The second-order valence-corrected chi connectivity index (χ2v) is 4.66. The fourth-order valence-corrected chi connectivity index (χ4v) is 1.90. The second kappa shape index (κ2) is 9.69. The van der Waals surface area contributed by atoms with Gasteiger partial charge in [-0.25, -0.2) is 0 Å². The maximum Gasteiger partial charge on any atom is 0.0238 e. The molecule has 74 valence electrons. The van der Waals surface area contributed by atoms with Gasteiger partial charge >= 0.3 is 0 Å². The summed E-state index contributed by atoms with van der Waals surface area (Å²) >= 11 is 7.62. The molecule has 1 atom stereocenters. The molecule has 0 bridgehead atoms. The lowest BCUT2D eigenvalue weighted by molar-refractivity contribution is 0.536. The summed E-state index contributed by atoms with van der Waals surface area (Å²) in [6.07, 6.45) is 2.34. The molecule has 0 saturated carbocycles. The van der Waals surface area contributed by atoms with Crippen LogP contribution < -0.4 is 5.32 Å². The first-order chi connectivity index (χ1) is 5.81. The van der Waals surface area contributed by atoms with E-state index in [4.69, 9.17) is 11.6 Å². The molecule has 12 heavy (non-hydrogen) atoms. The molecule has 0 aromatic rings. The number of thioether (sulfide) groups is 1. The third-order valence-electron chi connectivity index (χ3n) is 1.70. The van der Waals surface area contributed by atoms with E-state index in [-0.39, 0.29) is 0 Å². The van der Waals surface area contributed by atoms with Gasteiger partial charge in [-0.3, -0.25) is 0 Å². The van der Waals surface area contributed by atoms with Gasteiger partial charge in [0, 0.05) is 11.9 Å². The Morgan fingerprint density at radius 1 is 1.50 bits per heavy atom. The highest BCUT2D eigenvalue weighted by Gasteiger charge is 1.98. The molecular weight excluding hydrogens is 190 g/mol. The lowest BCUT2D eigenvalue weighted by Crippen LogP contribution is -2.27. The lowest BCUT2D eigenvalue weighted by atomic mass is 10.2. The summed E-state index contributed by atoms with van der Waals surface area (Å²) in [4.78, 5) is 0. The van der Waals surface area contributed by atoms with Gasteiger partial charge in [-0.15, -0.1) is 11.6 Å². The normalized spacial score (nSPS) is 13.2. The van der Waals surface area contributed by atoms with Crippen LogP contribution in [-0.4, -0.2) is 30.0 Å². The van der Waals surface area contributed by atoms with Gasteiger partial charge in [0.2, 0.25) is 0 Å². The van der Waals surface area contributed by atoms with E-state index in [9.17, 15) is 0 Å². The summed E-state index contributed by atoms with van der Waals surface area (Å²) < 4.78 is 0. The Balaban J connectivity index is 2.97. The van der Waals surface area contributed by atoms with Crippen LogP contribution in [-0.2, 0) is 0 Å². The van der Waals surface area contributed by atoms with Crippen molar-refractivity contribution < 1.29 is 0 Å².